The van der Waals surface area contributed by atoms with Crippen LogP contribution in [0.4, 0.5) is 0 Å². The Morgan fingerprint density at radius 2 is 0.708 bits per heavy atom. The summed E-state index contributed by atoms with van der Waals surface area (Å²) in [6, 6.07) is 2.17. The summed E-state index contributed by atoms with van der Waals surface area (Å²) in [4.78, 5) is 216. The highest BCUT2D eigenvalue weighted by atomic mass is 16.4. The molecule has 0 spiro atoms. The fourth-order valence-electron chi connectivity index (χ4n) is 14.0. The zero-order valence-electron chi connectivity index (χ0n) is 74.6. The smallest absolute Gasteiger partial charge is 0.326 e. The summed E-state index contributed by atoms with van der Waals surface area (Å²) < 4.78 is 0. The molecule has 0 aliphatic carbocycles. The Balaban J connectivity index is 1.29. The minimum absolute atomic E-state index is 0.00265. The standard InChI is InChI=1S/C86H134N26O18/c1-47(2)37-65(75(120)99-45-71(116)104-66(38-48(3)4)81(126)102-49(5)72(117)108-64(84(129)130)27-18-36-96-86(93)94)110-79(124)62(25-13-16-34-89)107-83(128)69(46-113)112-73(118)50(6)101-77(122)63(26-17-35-95-85(91)92)106-82(127)67(39-51-28-30-54(114)31-29-51)111-80(125)61(24-12-15-33-88)105-78(123)60(23-11-14-32-87)103-70(115)44-100-76(121)68(41-53-43-98-59-22-10-8-20-56(53)59)109-74(119)57(90)40-52-42-97-58-21-9-7-19-55(52)58/h7-10,19-22,28-31,42-43,47-50,57,60-69,97-98,113-114H,11-18,23-27,32-41,44-46,87-90H2,1-6H3,(H,99,120)(H,100,121)(H,101,122)(H,102,126)(H,103,115)(H,104,116)(H,105,123)(H,106,127)(H,107,128)(H,108,117)(H,109,119)(H,110,124)(H,111,125)(H,112,118)(H,129,130)(H4,91,92,95)(H4,93,94,96)/t49-,50-,57-,60-,61-,62-,63-,64-,65-,66-,67-,68-,69-/m0/s1. The average Bonchev–Trinajstić information content (AvgIpc) is 1.66. The molecule has 0 fully saturated rings. The van der Waals surface area contributed by atoms with Gasteiger partial charge in [0.05, 0.1) is 25.7 Å². The van der Waals surface area contributed by atoms with Crippen LogP contribution in [-0.2, 0) is 91.2 Å². The number of fused-ring (bicyclic) bond motifs is 2. The number of aromatic nitrogens is 2. The van der Waals surface area contributed by atoms with Gasteiger partial charge in [-0.25, -0.2) is 4.79 Å². The number of guanidine groups is 2. The van der Waals surface area contributed by atoms with Gasteiger partial charge in [0.25, 0.3) is 0 Å². The molecule has 3 aromatic carbocycles. The van der Waals surface area contributed by atoms with Gasteiger partial charge in [-0.15, -0.1) is 0 Å². The van der Waals surface area contributed by atoms with Crippen LogP contribution in [0.2, 0.25) is 0 Å². The number of carboxylic acid groups (broad SMARTS) is 1. The van der Waals surface area contributed by atoms with E-state index in [-0.39, 0.29) is 146 Å². The number of aliphatic hydroxyl groups is 1. The lowest BCUT2D eigenvalue weighted by Crippen LogP contribution is -2.60. The number of para-hydroxylation sites is 2. The number of unbranched alkanes of at least 4 members (excludes halogenated alkanes) is 3. The van der Waals surface area contributed by atoms with E-state index < -0.39 is 193 Å². The maximum Gasteiger partial charge on any atom is 0.326 e. The number of hydrogen-bond acceptors (Lipinski definition) is 23. The zero-order valence-corrected chi connectivity index (χ0v) is 74.6. The van der Waals surface area contributed by atoms with Crippen LogP contribution < -0.4 is 119 Å². The largest absolute Gasteiger partial charge is 0.508 e. The van der Waals surface area contributed by atoms with Gasteiger partial charge >= 0.3 is 5.97 Å². The number of carbonyl (C=O) groups is 15. The number of nitrogens with one attached hydrogen (secondary N) is 20. The number of aromatic hydroxyl groups is 1. The van der Waals surface area contributed by atoms with Gasteiger partial charge in [-0.3, -0.25) is 77.9 Å². The number of phenolic OH excluding ortho intramolecular Hbond substituents is 1. The average molecular weight is 1820 g/mol. The van der Waals surface area contributed by atoms with Crippen molar-refractivity contribution in [3.8, 4) is 5.75 Å². The van der Waals surface area contributed by atoms with E-state index in [1.54, 1.807) is 40.1 Å². The third-order valence-corrected chi connectivity index (χ3v) is 21.0. The molecule has 2 aromatic heterocycles. The molecule has 0 unspecified atom stereocenters. The molecule has 13 atom stereocenters. The summed E-state index contributed by atoms with van der Waals surface area (Å²) in [5, 5.41) is 88.3. The maximum atomic E-state index is 14.9. The van der Waals surface area contributed by atoms with Crippen molar-refractivity contribution >= 4 is 122 Å². The molecular formula is C86H134N26O18. The summed E-state index contributed by atoms with van der Waals surface area (Å²) in [6.45, 7) is 7.80. The van der Waals surface area contributed by atoms with E-state index in [1.165, 1.54) is 38.1 Å². The first kappa shape index (κ1) is 107. The summed E-state index contributed by atoms with van der Waals surface area (Å²) in [5.41, 5.74) is 38.3. The van der Waals surface area contributed by atoms with E-state index in [0.29, 0.717) is 36.8 Å². The number of hydrogen-bond donors (Lipinski definition) is 29. The monoisotopic (exact) mass is 1820 g/mol. The predicted molar refractivity (Wildman–Crippen MR) is 485 cm³/mol. The molecule has 0 radical (unpaired) electrons. The molecule has 0 bridgehead atoms. The molecule has 14 amide bonds. The van der Waals surface area contributed by atoms with Crippen molar-refractivity contribution < 1.29 is 87.2 Å². The van der Waals surface area contributed by atoms with Crippen LogP contribution in [-0.4, -0.2) is 257 Å². The Labute approximate surface area is 754 Å². The normalized spacial score (nSPS) is 14.2. The summed E-state index contributed by atoms with van der Waals surface area (Å²) in [7, 11) is 0. The number of nitrogens with two attached hydrogens (primary N) is 6. The van der Waals surface area contributed by atoms with Crippen LogP contribution in [0.15, 0.2) is 85.2 Å². The fraction of sp³-hybridized carbons (Fsp3) is 0.547. The van der Waals surface area contributed by atoms with Gasteiger partial charge in [0.15, 0.2) is 11.9 Å². The van der Waals surface area contributed by atoms with Crippen LogP contribution in [0.5, 0.6) is 5.75 Å². The predicted octanol–water partition coefficient (Wildman–Crippen LogP) is -4.12. The molecule has 0 saturated heterocycles. The lowest BCUT2D eigenvalue weighted by Gasteiger charge is -2.28. The number of amides is 14. The molecule has 0 saturated carbocycles. The maximum absolute atomic E-state index is 14.9. The van der Waals surface area contributed by atoms with Crippen LogP contribution in [0.3, 0.4) is 0 Å². The lowest BCUT2D eigenvalue weighted by molar-refractivity contribution is -0.142. The lowest BCUT2D eigenvalue weighted by atomic mass is 10.0. The Morgan fingerprint density at radius 1 is 0.369 bits per heavy atom. The second kappa shape index (κ2) is 56.3. The number of carbonyl (C=O) groups excluding carboxylic acids is 14. The number of carboxylic acids is 1. The molecule has 5 aromatic rings. The van der Waals surface area contributed by atoms with E-state index in [4.69, 9.17) is 45.2 Å². The van der Waals surface area contributed by atoms with Gasteiger partial charge in [-0.2, -0.15) is 0 Å². The molecule has 5 rings (SSSR count). The number of rotatable bonds is 60. The molecule has 0 aliphatic rings. The summed E-state index contributed by atoms with van der Waals surface area (Å²) in [5.74, 6) is -15.0. The van der Waals surface area contributed by atoms with Crippen LogP contribution in [0.25, 0.3) is 21.8 Å². The molecule has 2 heterocycles. The molecule has 35 N–H and O–H groups in total. The Bertz CT molecular complexity index is 4600. The van der Waals surface area contributed by atoms with Gasteiger partial charge in [0, 0.05) is 60.1 Å². The van der Waals surface area contributed by atoms with Crippen LogP contribution >= 0.6 is 0 Å². The molecule has 716 valence electrons. The van der Waals surface area contributed by atoms with E-state index in [1.807, 2.05) is 48.5 Å². The Morgan fingerprint density at radius 3 is 1.15 bits per heavy atom. The van der Waals surface area contributed by atoms with Crippen molar-refractivity contribution in [1.82, 2.24) is 95.0 Å². The topological polar surface area (TPSA) is 745 Å². The fourth-order valence-corrected chi connectivity index (χ4v) is 14.0. The highest BCUT2D eigenvalue weighted by Gasteiger charge is 2.37. The number of aliphatic hydroxyl groups excluding tert-OH is 1. The SMILES string of the molecule is CC(C)C[C@H](NC(=O)CNC(=O)[C@H](CC(C)C)NC(=O)[C@H](CCCCN)NC(=O)[C@H](CO)NC(=O)[C@H](C)NC(=O)[C@H](CCCNC(=N)N)NC(=O)[C@H](Cc1ccc(O)cc1)NC(=O)[C@H](CCCCN)NC(=O)[C@H](CCCCN)NC(=O)CNC(=O)[C@H](Cc1c[nH]c2ccccc12)NC(=O)[C@@H](N)Cc1c[nH]c2ccccc12)C(=O)N[C@@H](C)C(=O)N[C@@H](CCCNC(=N)N)C(=O)O. The van der Waals surface area contributed by atoms with Crippen molar-refractivity contribution in [2.75, 3.05) is 52.4 Å². The molecule has 0 aliphatic heterocycles. The summed E-state index contributed by atoms with van der Waals surface area (Å²) >= 11 is 0. The van der Waals surface area contributed by atoms with E-state index in [0.717, 1.165) is 27.4 Å². The van der Waals surface area contributed by atoms with Gasteiger partial charge in [0.2, 0.25) is 82.7 Å². The van der Waals surface area contributed by atoms with E-state index in [2.05, 4.69) is 95.0 Å². The van der Waals surface area contributed by atoms with Gasteiger partial charge in [-0.05, 0) is 189 Å². The minimum atomic E-state index is -1.80. The number of phenols is 1. The quantitative estimate of drug-likeness (QED) is 0.00999. The van der Waals surface area contributed by atoms with Crippen molar-refractivity contribution in [2.24, 2.45) is 46.2 Å². The number of benzene rings is 3. The second-order valence-electron chi connectivity index (χ2n) is 32.8. The third kappa shape index (κ3) is 38.1. The van der Waals surface area contributed by atoms with Crippen molar-refractivity contribution in [3.05, 3.63) is 102 Å². The first-order chi connectivity index (χ1) is 61.8. The first-order valence-electron chi connectivity index (χ1n) is 43.8. The van der Waals surface area contributed by atoms with Gasteiger partial charge in [0.1, 0.15) is 78.3 Å². The van der Waals surface area contributed by atoms with Gasteiger partial charge in [-0.1, -0.05) is 76.2 Å². The van der Waals surface area contributed by atoms with Crippen molar-refractivity contribution in [3.63, 3.8) is 0 Å². The number of aliphatic carboxylic acids is 1. The Kier molecular flexibility index (Phi) is 46.5. The highest BCUT2D eigenvalue weighted by Crippen LogP contribution is 2.23. The highest BCUT2D eigenvalue weighted by molar-refractivity contribution is 6.00. The van der Waals surface area contributed by atoms with E-state index >= 15 is 0 Å². The summed E-state index contributed by atoms with van der Waals surface area (Å²) in [6.07, 6.45) is 5.12. The number of aromatic amines is 2. The van der Waals surface area contributed by atoms with Crippen LogP contribution in [0, 0.1) is 22.7 Å². The molecule has 44 heteroatoms. The molecule has 130 heavy (non-hydrogen) atoms. The van der Waals surface area contributed by atoms with Crippen molar-refractivity contribution in [2.45, 2.75) is 236 Å². The second-order valence-corrected chi connectivity index (χ2v) is 32.8. The number of H-pyrrole nitrogens is 2. The van der Waals surface area contributed by atoms with Crippen molar-refractivity contribution in [1.29, 1.82) is 10.8 Å². The molecule has 44 nitrogen and oxygen atoms in total. The zero-order chi connectivity index (χ0) is 96.1. The van der Waals surface area contributed by atoms with E-state index in [9.17, 15) is 87.2 Å². The first-order valence-corrected chi connectivity index (χ1v) is 43.8. The minimum Gasteiger partial charge on any atom is -0.508 e. The van der Waals surface area contributed by atoms with Gasteiger partial charge < -0.3 is 145 Å². The third-order valence-electron chi connectivity index (χ3n) is 21.0. The Hall–Kier alpha value is -13.1. The van der Waals surface area contributed by atoms with Crippen LogP contribution in [0.1, 0.15) is 155 Å². The molecular weight excluding hydrogens is 1690 g/mol.